The van der Waals surface area contributed by atoms with Crippen LogP contribution in [0.2, 0.25) is 0 Å². The van der Waals surface area contributed by atoms with Crippen molar-refractivity contribution in [2.24, 2.45) is 5.84 Å². The van der Waals surface area contributed by atoms with Crippen LogP contribution in [0.1, 0.15) is 42.0 Å². The van der Waals surface area contributed by atoms with Crippen molar-refractivity contribution in [1.82, 2.24) is 9.97 Å². The average molecular weight is 286 g/mol. The SMILES string of the molecule is Cc1cc(C)c(C)c(Oc2ncnc(NN)c2C(C)C)c1. The lowest BCUT2D eigenvalue weighted by molar-refractivity contribution is 0.448. The number of aryl methyl sites for hydroxylation is 2. The van der Waals surface area contributed by atoms with E-state index in [9.17, 15) is 0 Å². The van der Waals surface area contributed by atoms with Crippen molar-refractivity contribution in [1.29, 1.82) is 0 Å². The van der Waals surface area contributed by atoms with Gasteiger partial charge in [0.2, 0.25) is 5.88 Å². The van der Waals surface area contributed by atoms with Crippen molar-refractivity contribution in [3.8, 4) is 11.6 Å². The molecule has 2 aromatic rings. The molecular formula is C16H22N4O. The highest BCUT2D eigenvalue weighted by atomic mass is 16.5. The van der Waals surface area contributed by atoms with Crippen molar-refractivity contribution in [3.63, 3.8) is 0 Å². The summed E-state index contributed by atoms with van der Waals surface area (Å²) in [5, 5.41) is 0. The van der Waals surface area contributed by atoms with Crippen molar-refractivity contribution < 1.29 is 4.74 Å². The third-order valence-electron chi connectivity index (χ3n) is 3.53. The van der Waals surface area contributed by atoms with Gasteiger partial charge in [-0.2, -0.15) is 0 Å². The molecule has 21 heavy (non-hydrogen) atoms. The van der Waals surface area contributed by atoms with Gasteiger partial charge in [-0.25, -0.2) is 15.8 Å². The zero-order valence-electron chi connectivity index (χ0n) is 13.2. The van der Waals surface area contributed by atoms with E-state index in [0.29, 0.717) is 11.7 Å². The molecule has 0 aliphatic heterocycles. The number of nitrogen functional groups attached to an aromatic ring is 1. The molecule has 0 unspecified atom stereocenters. The summed E-state index contributed by atoms with van der Waals surface area (Å²) in [6.07, 6.45) is 1.45. The van der Waals surface area contributed by atoms with Crippen LogP contribution in [0.15, 0.2) is 18.5 Å². The fourth-order valence-corrected chi connectivity index (χ4v) is 2.31. The summed E-state index contributed by atoms with van der Waals surface area (Å²) in [4.78, 5) is 8.43. The van der Waals surface area contributed by atoms with Gasteiger partial charge in [0.05, 0.1) is 5.56 Å². The minimum Gasteiger partial charge on any atom is -0.438 e. The number of benzene rings is 1. The highest BCUT2D eigenvalue weighted by Gasteiger charge is 2.17. The Morgan fingerprint density at radius 1 is 1.14 bits per heavy atom. The van der Waals surface area contributed by atoms with E-state index in [-0.39, 0.29) is 5.92 Å². The molecule has 0 saturated heterocycles. The largest absolute Gasteiger partial charge is 0.438 e. The number of hydrogen-bond donors (Lipinski definition) is 2. The monoisotopic (exact) mass is 286 g/mol. The highest BCUT2D eigenvalue weighted by molar-refractivity contribution is 5.52. The molecule has 0 saturated carbocycles. The summed E-state index contributed by atoms with van der Waals surface area (Å²) in [6, 6.07) is 4.16. The van der Waals surface area contributed by atoms with Crippen molar-refractivity contribution >= 4 is 5.82 Å². The molecule has 2 rings (SSSR count). The van der Waals surface area contributed by atoms with Crippen LogP contribution in [0.25, 0.3) is 0 Å². The van der Waals surface area contributed by atoms with E-state index >= 15 is 0 Å². The topological polar surface area (TPSA) is 73.1 Å². The van der Waals surface area contributed by atoms with Crippen LogP contribution in [0, 0.1) is 20.8 Å². The lowest BCUT2D eigenvalue weighted by Gasteiger charge is -2.17. The molecule has 1 aromatic heterocycles. The summed E-state index contributed by atoms with van der Waals surface area (Å²) in [5.41, 5.74) is 6.94. The van der Waals surface area contributed by atoms with Gasteiger partial charge in [0, 0.05) is 0 Å². The Bertz CT molecular complexity index is 653. The Morgan fingerprint density at radius 3 is 2.48 bits per heavy atom. The number of nitrogens with one attached hydrogen (secondary N) is 1. The van der Waals surface area contributed by atoms with Gasteiger partial charge in [0.25, 0.3) is 0 Å². The molecule has 0 atom stereocenters. The van der Waals surface area contributed by atoms with E-state index in [1.807, 2.05) is 13.0 Å². The van der Waals surface area contributed by atoms with Gasteiger partial charge in [-0.3, -0.25) is 0 Å². The minimum atomic E-state index is 0.193. The molecule has 0 spiro atoms. The average Bonchev–Trinajstić information content (AvgIpc) is 2.43. The Balaban J connectivity index is 2.50. The molecule has 1 aromatic carbocycles. The van der Waals surface area contributed by atoms with Gasteiger partial charge < -0.3 is 10.2 Å². The second kappa shape index (κ2) is 6.10. The Hall–Kier alpha value is -2.14. The summed E-state index contributed by atoms with van der Waals surface area (Å²) >= 11 is 0. The van der Waals surface area contributed by atoms with E-state index in [0.717, 1.165) is 22.4 Å². The second-order valence-corrected chi connectivity index (χ2v) is 5.55. The Labute approximate surface area is 125 Å². The molecular weight excluding hydrogens is 264 g/mol. The summed E-state index contributed by atoms with van der Waals surface area (Å²) < 4.78 is 6.06. The molecule has 0 aliphatic rings. The number of ether oxygens (including phenoxy) is 1. The van der Waals surface area contributed by atoms with Gasteiger partial charge >= 0.3 is 0 Å². The van der Waals surface area contributed by atoms with Crippen LogP contribution in [-0.4, -0.2) is 9.97 Å². The highest BCUT2D eigenvalue weighted by Crippen LogP contribution is 2.34. The van der Waals surface area contributed by atoms with Crippen LogP contribution >= 0.6 is 0 Å². The van der Waals surface area contributed by atoms with Gasteiger partial charge in [0.15, 0.2) is 5.82 Å². The molecule has 0 fully saturated rings. The van der Waals surface area contributed by atoms with E-state index in [2.05, 4.69) is 49.2 Å². The second-order valence-electron chi connectivity index (χ2n) is 5.55. The summed E-state index contributed by atoms with van der Waals surface area (Å²) in [7, 11) is 0. The Kier molecular flexibility index (Phi) is 4.43. The van der Waals surface area contributed by atoms with Crippen LogP contribution in [0.3, 0.4) is 0 Å². The van der Waals surface area contributed by atoms with E-state index in [4.69, 9.17) is 10.6 Å². The standard InChI is InChI=1S/C16H22N4O/c1-9(2)14-15(20-17)18-8-19-16(14)21-13-7-10(3)6-11(4)12(13)5/h6-9H,17H2,1-5H3,(H,18,19,20). The van der Waals surface area contributed by atoms with Crippen molar-refractivity contribution in [2.75, 3.05) is 5.43 Å². The van der Waals surface area contributed by atoms with E-state index in [1.165, 1.54) is 11.9 Å². The first-order valence-electron chi connectivity index (χ1n) is 7.01. The summed E-state index contributed by atoms with van der Waals surface area (Å²) in [6.45, 7) is 10.3. The lowest BCUT2D eigenvalue weighted by Crippen LogP contribution is -2.13. The third kappa shape index (κ3) is 3.13. The first-order chi connectivity index (χ1) is 9.93. The number of hydrazine groups is 1. The first kappa shape index (κ1) is 15.3. The summed E-state index contributed by atoms with van der Waals surface area (Å²) in [5.74, 6) is 7.68. The van der Waals surface area contributed by atoms with Crippen LogP contribution in [0.4, 0.5) is 5.82 Å². The fourth-order valence-electron chi connectivity index (χ4n) is 2.31. The molecule has 3 N–H and O–H groups in total. The molecule has 0 amide bonds. The first-order valence-corrected chi connectivity index (χ1v) is 7.01. The maximum atomic E-state index is 6.06. The molecule has 0 aliphatic carbocycles. The number of aromatic nitrogens is 2. The Morgan fingerprint density at radius 2 is 1.86 bits per heavy atom. The minimum absolute atomic E-state index is 0.193. The normalized spacial score (nSPS) is 10.8. The predicted molar refractivity (Wildman–Crippen MR) is 84.7 cm³/mol. The fraction of sp³-hybridized carbons (Fsp3) is 0.375. The molecule has 112 valence electrons. The maximum absolute atomic E-state index is 6.06. The zero-order chi connectivity index (χ0) is 15.6. The predicted octanol–water partition coefficient (Wildman–Crippen LogP) is 3.60. The number of nitrogens with zero attached hydrogens (tertiary/aromatic N) is 2. The third-order valence-corrected chi connectivity index (χ3v) is 3.53. The van der Waals surface area contributed by atoms with E-state index in [1.54, 1.807) is 0 Å². The van der Waals surface area contributed by atoms with E-state index < -0.39 is 0 Å². The van der Waals surface area contributed by atoms with Crippen LogP contribution in [0.5, 0.6) is 11.6 Å². The van der Waals surface area contributed by atoms with Crippen LogP contribution < -0.4 is 16.0 Å². The number of anilines is 1. The van der Waals surface area contributed by atoms with Gasteiger partial charge in [-0.1, -0.05) is 19.9 Å². The zero-order valence-corrected chi connectivity index (χ0v) is 13.2. The molecule has 1 heterocycles. The quantitative estimate of drug-likeness (QED) is 0.663. The van der Waals surface area contributed by atoms with Gasteiger partial charge in [-0.15, -0.1) is 0 Å². The number of nitrogens with two attached hydrogens (primary N) is 1. The van der Waals surface area contributed by atoms with Crippen molar-refractivity contribution in [3.05, 3.63) is 40.7 Å². The smallest absolute Gasteiger partial charge is 0.227 e. The molecule has 5 nitrogen and oxygen atoms in total. The molecule has 0 radical (unpaired) electrons. The lowest BCUT2D eigenvalue weighted by atomic mass is 10.0. The maximum Gasteiger partial charge on any atom is 0.227 e. The van der Waals surface area contributed by atoms with Gasteiger partial charge in [-0.05, 0) is 49.4 Å². The van der Waals surface area contributed by atoms with Crippen molar-refractivity contribution in [2.45, 2.75) is 40.5 Å². The molecule has 5 heteroatoms. The van der Waals surface area contributed by atoms with Crippen LogP contribution in [-0.2, 0) is 0 Å². The number of hydrogen-bond acceptors (Lipinski definition) is 5. The molecule has 0 bridgehead atoms. The number of rotatable bonds is 4. The van der Waals surface area contributed by atoms with Gasteiger partial charge in [0.1, 0.15) is 12.1 Å².